The van der Waals surface area contributed by atoms with Crippen LogP contribution in [0.2, 0.25) is 0 Å². The van der Waals surface area contributed by atoms with E-state index in [-0.39, 0.29) is 5.56 Å². The number of benzene rings is 1. The van der Waals surface area contributed by atoms with Crippen LogP contribution in [0.4, 0.5) is 0 Å². The van der Waals surface area contributed by atoms with Gasteiger partial charge in [0, 0.05) is 10.9 Å². The SMILES string of the molecule is CC(C)(C)OC(=O)c1cc2cc(C(=O)O)ccc2[nH]1. The van der Waals surface area contributed by atoms with Crippen molar-refractivity contribution >= 4 is 22.8 Å². The summed E-state index contributed by atoms with van der Waals surface area (Å²) in [6.45, 7) is 5.36. The monoisotopic (exact) mass is 261 g/mol. The number of fused-ring (bicyclic) bond motifs is 1. The van der Waals surface area contributed by atoms with E-state index < -0.39 is 17.5 Å². The third kappa shape index (κ3) is 2.93. The van der Waals surface area contributed by atoms with E-state index in [2.05, 4.69) is 4.98 Å². The van der Waals surface area contributed by atoms with E-state index in [1.165, 1.54) is 12.1 Å². The van der Waals surface area contributed by atoms with E-state index in [4.69, 9.17) is 9.84 Å². The molecule has 0 amide bonds. The summed E-state index contributed by atoms with van der Waals surface area (Å²) in [7, 11) is 0. The number of carboxylic acids is 1. The van der Waals surface area contributed by atoms with Gasteiger partial charge in [-0.1, -0.05) is 0 Å². The normalized spacial score (nSPS) is 11.5. The van der Waals surface area contributed by atoms with Crippen LogP contribution in [-0.4, -0.2) is 27.6 Å². The van der Waals surface area contributed by atoms with Crippen LogP contribution in [0.15, 0.2) is 24.3 Å². The summed E-state index contributed by atoms with van der Waals surface area (Å²) in [6, 6.07) is 6.23. The largest absolute Gasteiger partial charge is 0.478 e. The number of aromatic amines is 1. The molecule has 0 aliphatic heterocycles. The lowest BCUT2D eigenvalue weighted by Gasteiger charge is -2.18. The number of hydrogen-bond donors (Lipinski definition) is 2. The Kier molecular flexibility index (Phi) is 3.06. The second-order valence-electron chi connectivity index (χ2n) is 5.29. The predicted molar refractivity (Wildman–Crippen MR) is 70.4 cm³/mol. The molecule has 2 rings (SSSR count). The minimum Gasteiger partial charge on any atom is -0.478 e. The van der Waals surface area contributed by atoms with Crippen LogP contribution in [0.1, 0.15) is 41.6 Å². The molecule has 0 atom stereocenters. The molecule has 100 valence electrons. The average molecular weight is 261 g/mol. The van der Waals surface area contributed by atoms with Gasteiger partial charge in [0.1, 0.15) is 11.3 Å². The van der Waals surface area contributed by atoms with Crippen molar-refractivity contribution in [1.29, 1.82) is 0 Å². The lowest BCUT2D eigenvalue weighted by atomic mass is 10.1. The Morgan fingerprint density at radius 3 is 2.47 bits per heavy atom. The Balaban J connectivity index is 2.36. The molecule has 19 heavy (non-hydrogen) atoms. The molecule has 1 aromatic heterocycles. The summed E-state index contributed by atoms with van der Waals surface area (Å²) in [6.07, 6.45) is 0. The number of carbonyl (C=O) groups excluding carboxylic acids is 1. The zero-order valence-corrected chi connectivity index (χ0v) is 11.0. The smallest absolute Gasteiger partial charge is 0.355 e. The van der Waals surface area contributed by atoms with E-state index in [0.29, 0.717) is 16.6 Å². The van der Waals surface area contributed by atoms with Crippen molar-refractivity contribution in [2.75, 3.05) is 0 Å². The van der Waals surface area contributed by atoms with Crippen LogP contribution >= 0.6 is 0 Å². The first-order valence-corrected chi connectivity index (χ1v) is 5.86. The Labute approximate surface area is 110 Å². The van der Waals surface area contributed by atoms with Gasteiger partial charge in [-0.15, -0.1) is 0 Å². The predicted octanol–water partition coefficient (Wildman–Crippen LogP) is 2.82. The number of carboxylic acid groups (broad SMARTS) is 1. The van der Waals surface area contributed by atoms with Gasteiger partial charge in [-0.3, -0.25) is 0 Å². The Morgan fingerprint density at radius 2 is 1.89 bits per heavy atom. The van der Waals surface area contributed by atoms with Crippen molar-refractivity contribution in [3.8, 4) is 0 Å². The van der Waals surface area contributed by atoms with Crippen molar-refractivity contribution < 1.29 is 19.4 Å². The molecule has 2 N–H and O–H groups in total. The summed E-state index contributed by atoms with van der Waals surface area (Å²) in [5, 5.41) is 9.58. The van der Waals surface area contributed by atoms with Gasteiger partial charge in [0.2, 0.25) is 0 Å². The molecular weight excluding hydrogens is 246 g/mol. The maximum atomic E-state index is 11.9. The number of aromatic carboxylic acids is 1. The topological polar surface area (TPSA) is 79.4 Å². The Morgan fingerprint density at radius 1 is 1.21 bits per heavy atom. The second kappa shape index (κ2) is 4.42. The summed E-state index contributed by atoms with van der Waals surface area (Å²) >= 11 is 0. The van der Waals surface area contributed by atoms with Gasteiger partial charge in [-0.2, -0.15) is 0 Å². The molecule has 0 radical (unpaired) electrons. The Hall–Kier alpha value is -2.30. The molecule has 1 heterocycles. The van der Waals surface area contributed by atoms with Gasteiger partial charge in [0.05, 0.1) is 5.56 Å². The molecule has 0 aliphatic carbocycles. The van der Waals surface area contributed by atoms with Crippen LogP contribution in [0, 0.1) is 0 Å². The number of nitrogens with one attached hydrogen (secondary N) is 1. The zero-order chi connectivity index (χ0) is 14.2. The average Bonchev–Trinajstić information content (AvgIpc) is 2.68. The van der Waals surface area contributed by atoms with Gasteiger partial charge in [0.25, 0.3) is 0 Å². The zero-order valence-electron chi connectivity index (χ0n) is 11.0. The molecule has 0 spiro atoms. The van der Waals surface area contributed by atoms with Gasteiger partial charge in [-0.25, -0.2) is 9.59 Å². The molecule has 0 aliphatic rings. The van der Waals surface area contributed by atoms with Crippen LogP contribution < -0.4 is 0 Å². The molecule has 0 fully saturated rings. The summed E-state index contributed by atoms with van der Waals surface area (Å²) in [5.74, 6) is -1.46. The maximum Gasteiger partial charge on any atom is 0.355 e. The molecule has 1 aromatic carbocycles. The highest BCUT2D eigenvalue weighted by atomic mass is 16.6. The van der Waals surface area contributed by atoms with Crippen molar-refractivity contribution in [3.05, 3.63) is 35.5 Å². The highest BCUT2D eigenvalue weighted by Gasteiger charge is 2.19. The van der Waals surface area contributed by atoms with Crippen LogP contribution in [0.5, 0.6) is 0 Å². The summed E-state index contributed by atoms with van der Waals surface area (Å²) in [4.78, 5) is 25.7. The number of carbonyl (C=O) groups is 2. The van der Waals surface area contributed by atoms with Gasteiger partial charge >= 0.3 is 11.9 Å². The molecular formula is C14H15NO4. The highest BCUT2D eigenvalue weighted by molar-refractivity contribution is 5.98. The molecule has 0 saturated carbocycles. The highest BCUT2D eigenvalue weighted by Crippen LogP contribution is 2.19. The van der Waals surface area contributed by atoms with E-state index in [1.807, 2.05) is 0 Å². The van der Waals surface area contributed by atoms with Crippen molar-refractivity contribution in [2.24, 2.45) is 0 Å². The Bertz CT molecular complexity index is 649. The molecule has 0 unspecified atom stereocenters. The van der Waals surface area contributed by atoms with E-state index in [0.717, 1.165) is 0 Å². The third-order valence-corrected chi connectivity index (χ3v) is 2.49. The van der Waals surface area contributed by atoms with E-state index >= 15 is 0 Å². The lowest BCUT2D eigenvalue weighted by Crippen LogP contribution is -2.24. The van der Waals surface area contributed by atoms with Gasteiger partial charge in [-0.05, 0) is 45.0 Å². The van der Waals surface area contributed by atoms with Gasteiger partial charge in [0.15, 0.2) is 0 Å². The van der Waals surface area contributed by atoms with E-state index in [1.54, 1.807) is 32.9 Å². The molecule has 0 bridgehead atoms. The van der Waals surface area contributed by atoms with Crippen LogP contribution in [0.25, 0.3) is 10.9 Å². The third-order valence-electron chi connectivity index (χ3n) is 2.49. The first-order chi connectivity index (χ1) is 8.76. The van der Waals surface area contributed by atoms with Crippen LogP contribution in [-0.2, 0) is 4.74 Å². The standard InChI is InChI=1S/C14H15NO4/c1-14(2,3)19-13(18)11-7-9-6-8(12(16)17)4-5-10(9)15-11/h4-7,15H,1-3H3,(H,16,17). The van der Waals surface area contributed by atoms with Crippen LogP contribution in [0.3, 0.4) is 0 Å². The number of hydrogen-bond acceptors (Lipinski definition) is 3. The van der Waals surface area contributed by atoms with Crippen molar-refractivity contribution in [2.45, 2.75) is 26.4 Å². The molecule has 0 saturated heterocycles. The lowest BCUT2D eigenvalue weighted by molar-refractivity contribution is 0.00637. The molecule has 2 aromatic rings. The fourth-order valence-corrected chi connectivity index (χ4v) is 1.71. The molecule has 5 nitrogen and oxygen atoms in total. The van der Waals surface area contributed by atoms with E-state index in [9.17, 15) is 9.59 Å². The fourth-order valence-electron chi connectivity index (χ4n) is 1.71. The van der Waals surface area contributed by atoms with Crippen molar-refractivity contribution in [3.63, 3.8) is 0 Å². The number of esters is 1. The molecule has 5 heteroatoms. The second-order valence-corrected chi connectivity index (χ2v) is 5.29. The number of rotatable bonds is 2. The number of H-pyrrole nitrogens is 1. The number of ether oxygens (including phenoxy) is 1. The minimum atomic E-state index is -0.998. The van der Waals surface area contributed by atoms with Crippen molar-refractivity contribution in [1.82, 2.24) is 4.98 Å². The summed E-state index contributed by atoms with van der Waals surface area (Å²) < 4.78 is 5.24. The first kappa shape index (κ1) is 13.1. The first-order valence-electron chi connectivity index (χ1n) is 5.86. The fraction of sp³-hybridized carbons (Fsp3) is 0.286. The summed E-state index contributed by atoms with van der Waals surface area (Å²) in [5.41, 5.74) is 0.626. The van der Waals surface area contributed by atoms with Gasteiger partial charge < -0.3 is 14.8 Å². The minimum absolute atomic E-state index is 0.183. The maximum absolute atomic E-state index is 11.9. The number of aromatic nitrogens is 1. The quantitative estimate of drug-likeness (QED) is 0.815.